The molecule has 0 saturated heterocycles. The number of nitrogens with zero attached hydrogens (tertiary/aromatic N) is 2. The number of nitro groups is 1. The summed E-state index contributed by atoms with van der Waals surface area (Å²) in [7, 11) is 1.35. The summed E-state index contributed by atoms with van der Waals surface area (Å²) in [6, 6.07) is 9.32. The second-order valence-electron chi connectivity index (χ2n) is 5.24. The highest BCUT2D eigenvalue weighted by Gasteiger charge is 2.16. The third-order valence-electron chi connectivity index (χ3n) is 3.39. The van der Waals surface area contributed by atoms with Gasteiger partial charge in [-0.15, -0.1) is 0 Å². The summed E-state index contributed by atoms with van der Waals surface area (Å²) in [6.07, 6.45) is 0. The number of amides is 1. The maximum atomic E-state index is 11.9. The molecule has 0 aliphatic rings. The Kier molecular flexibility index (Phi) is 7.14. The lowest BCUT2D eigenvalue weighted by molar-refractivity contribution is -0.385. The summed E-state index contributed by atoms with van der Waals surface area (Å²) >= 11 is 9.13. The van der Waals surface area contributed by atoms with Crippen LogP contribution >= 0.6 is 27.5 Å². The molecule has 0 saturated carbocycles. The number of halogens is 2. The summed E-state index contributed by atoms with van der Waals surface area (Å²) in [4.78, 5) is 22.4. The second-order valence-corrected chi connectivity index (χ2v) is 6.53. The molecule has 1 N–H and O–H groups in total. The molecule has 0 aliphatic heterocycles. The van der Waals surface area contributed by atoms with Crippen molar-refractivity contribution in [1.82, 2.24) is 5.43 Å². The monoisotopic (exact) mass is 455 g/mol. The summed E-state index contributed by atoms with van der Waals surface area (Å²) in [6.45, 7) is 1.35. The molecule has 2 aromatic carbocycles. The van der Waals surface area contributed by atoms with E-state index in [1.807, 2.05) is 0 Å². The number of hydrogen-bond acceptors (Lipinski definition) is 6. The lowest BCUT2D eigenvalue weighted by atomic mass is 10.1. The zero-order valence-electron chi connectivity index (χ0n) is 14.4. The Balaban J connectivity index is 2.01. The average Bonchev–Trinajstić information content (AvgIpc) is 2.64. The Morgan fingerprint density at radius 3 is 2.63 bits per heavy atom. The number of ether oxygens (including phenoxy) is 2. The molecule has 0 heterocycles. The van der Waals surface area contributed by atoms with E-state index >= 15 is 0 Å². The van der Waals surface area contributed by atoms with Crippen LogP contribution in [0.1, 0.15) is 12.5 Å². The van der Waals surface area contributed by atoms with Gasteiger partial charge in [0.2, 0.25) is 0 Å². The summed E-state index contributed by atoms with van der Waals surface area (Å²) in [5.74, 6) is 0.114. The zero-order chi connectivity index (χ0) is 20.0. The summed E-state index contributed by atoms with van der Waals surface area (Å²) in [5.41, 5.74) is 3.02. The van der Waals surface area contributed by atoms with E-state index in [1.165, 1.54) is 19.2 Å². The van der Waals surface area contributed by atoms with E-state index in [-0.39, 0.29) is 18.0 Å². The molecule has 10 heteroatoms. The van der Waals surface area contributed by atoms with Crippen LogP contribution in [0, 0.1) is 10.1 Å². The lowest BCUT2D eigenvalue weighted by Crippen LogP contribution is -2.25. The van der Waals surface area contributed by atoms with Crippen LogP contribution in [0.3, 0.4) is 0 Å². The van der Waals surface area contributed by atoms with Crippen molar-refractivity contribution in [2.24, 2.45) is 5.10 Å². The highest BCUT2D eigenvalue weighted by atomic mass is 79.9. The molecule has 27 heavy (non-hydrogen) atoms. The molecule has 8 nitrogen and oxygen atoms in total. The minimum atomic E-state index is -0.550. The maximum Gasteiger partial charge on any atom is 0.311 e. The number of benzene rings is 2. The Hall–Kier alpha value is -2.65. The largest absolute Gasteiger partial charge is 0.490 e. The molecule has 0 bridgehead atoms. The third kappa shape index (κ3) is 5.66. The first kappa shape index (κ1) is 20.7. The van der Waals surface area contributed by atoms with E-state index in [9.17, 15) is 14.9 Å². The number of rotatable bonds is 7. The van der Waals surface area contributed by atoms with Crippen molar-refractivity contribution in [2.45, 2.75) is 6.92 Å². The molecule has 0 fully saturated rings. The van der Waals surface area contributed by atoms with E-state index in [0.717, 1.165) is 0 Å². The molecular weight excluding hydrogens is 442 g/mol. The van der Waals surface area contributed by atoms with Crippen molar-refractivity contribution >= 4 is 44.8 Å². The van der Waals surface area contributed by atoms with Crippen LogP contribution in [-0.2, 0) is 4.79 Å². The maximum absolute atomic E-state index is 11.9. The van der Waals surface area contributed by atoms with E-state index in [1.54, 1.807) is 31.2 Å². The van der Waals surface area contributed by atoms with Crippen LogP contribution in [0.5, 0.6) is 11.5 Å². The molecule has 0 aromatic heterocycles. The number of methoxy groups -OCH3 is 1. The van der Waals surface area contributed by atoms with Crippen LogP contribution in [-0.4, -0.2) is 30.3 Å². The van der Waals surface area contributed by atoms with Gasteiger partial charge in [-0.25, -0.2) is 5.43 Å². The van der Waals surface area contributed by atoms with Gasteiger partial charge >= 0.3 is 5.69 Å². The third-order valence-corrected chi connectivity index (χ3v) is 4.25. The van der Waals surface area contributed by atoms with E-state index in [0.29, 0.717) is 26.5 Å². The number of hydrogen-bond donors (Lipinski definition) is 1. The van der Waals surface area contributed by atoms with Gasteiger partial charge in [0.1, 0.15) is 5.75 Å². The Morgan fingerprint density at radius 2 is 2.00 bits per heavy atom. The summed E-state index contributed by atoms with van der Waals surface area (Å²) < 4.78 is 10.9. The first-order chi connectivity index (χ1) is 12.8. The Bertz CT molecular complexity index is 904. The van der Waals surface area contributed by atoms with Crippen molar-refractivity contribution < 1.29 is 19.2 Å². The first-order valence-corrected chi connectivity index (χ1v) is 8.72. The smallest absolute Gasteiger partial charge is 0.311 e. The van der Waals surface area contributed by atoms with Crippen LogP contribution in [0.15, 0.2) is 46.0 Å². The van der Waals surface area contributed by atoms with Crippen molar-refractivity contribution in [1.29, 1.82) is 0 Å². The second kappa shape index (κ2) is 9.33. The van der Waals surface area contributed by atoms with Gasteiger partial charge in [-0.05, 0) is 53.2 Å². The van der Waals surface area contributed by atoms with E-state index in [2.05, 4.69) is 26.5 Å². The van der Waals surface area contributed by atoms with Crippen LogP contribution < -0.4 is 14.9 Å². The molecule has 2 aromatic rings. The van der Waals surface area contributed by atoms with Gasteiger partial charge in [0, 0.05) is 16.7 Å². The number of carbonyl (C=O) groups is 1. The van der Waals surface area contributed by atoms with Gasteiger partial charge in [-0.1, -0.05) is 11.6 Å². The minimum Gasteiger partial charge on any atom is -0.490 e. The van der Waals surface area contributed by atoms with Crippen molar-refractivity contribution in [3.05, 3.63) is 61.6 Å². The molecule has 0 aliphatic carbocycles. The number of carbonyl (C=O) groups excluding carboxylic acids is 1. The van der Waals surface area contributed by atoms with Crippen LogP contribution in [0.2, 0.25) is 5.02 Å². The molecule has 0 radical (unpaired) electrons. The van der Waals surface area contributed by atoms with Gasteiger partial charge in [-0.3, -0.25) is 14.9 Å². The van der Waals surface area contributed by atoms with Gasteiger partial charge < -0.3 is 9.47 Å². The topological polar surface area (TPSA) is 103 Å². The normalized spacial score (nSPS) is 11.0. The first-order valence-electron chi connectivity index (χ1n) is 7.55. The van der Waals surface area contributed by atoms with Crippen molar-refractivity contribution in [2.75, 3.05) is 13.7 Å². The van der Waals surface area contributed by atoms with Gasteiger partial charge in [0.15, 0.2) is 12.4 Å². The number of nitro benzene ring substituents is 1. The molecule has 0 atom stereocenters. The zero-order valence-corrected chi connectivity index (χ0v) is 16.7. The standard InChI is InChI=1S/C17H15BrClN3O5/c1-10(11-3-5-16(26-2)14(7-11)22(24)25)20-21-17(23)9-27-15-6-4-12(19)8-13(15)18/h3-8H,9H2,1-2H3,(H,21,23)/b20-10-. The van der Waals surface area contributed by atoms with E-state index in [4.69, 9.17) is 21.1 Å². The molecule has 0 spiro atoms. The Labute approximate surface area is 168 Å². The molecule has 1 amide bonds. The average molecular weight is 457 g/mol. The van der Waals surface area contributed by atoms with Gasteiger partial charge in [0.25, 0.3) is 5.91 Å². The summed E-state index contributed by atoms with van der Waals surface area (Å²) in [5, 5.41) is 15.6. The molecule has 0 unspecified atom stereocenters. The van der Waals surface area contributed by atoms with Crippen LogP contribution in [0.25, 0.3) is 0 Å². The van der Waals surface area contributed by atoms with E-state index < -0.39 is 10.8 Å². The Morgan fingerprint density at radius 1 is 1.30 bits per heavy atom. The molecule has 142 valence electrons. The number of nitrogens with one attached hydrogen (secondary N) is 1. The minimum absolute atomic E-state index is 0.141. The fourth-order valence-corrected chi connectivity index (χ4v) is 2.83. The van der Waals surface area contributed by atoms with Gasteiger partial charge in [0.05, 0.1) is 22.2 Å². The molecule has 2 rings (SSSR count). The predicted octanol–water partition coefficient (Wildman–Crippen LogP) is 3.94. The predicted molar refractivity (Wildman–Crippen MR) is 105 cm³/mol. The highest BCUT2D eigenvalue weighted by Crippen LogP contribution is 2.28. The fraction of sp³-hybridized carbons (Fsp3) is 0.176. The highest BCUT2D eigenvalue weighted by molar-refractivity contribution is 9.10. The van der Waals surface area contributed by atoms with Crippen LogP contribution in [0.4, 0.5) is 5.69 Å². The quantitative estimate of drug-likeness (QED) is 0.386. The number of hydrazone groups is 1. The fourth-order valence-electron chi connectivity index (χ4n) is 2.04. The SMILES string of the molecule is COc1ccc(/C(C)=N\NC(=O)COc2ccc(Cl)cc2Br)cc1[N+](=O)[O-]. The van der Waals surface area contributed by atoms with Crippen molar-refractivity contribution in [3.63, 3.8) is 0 Å². The van der Waals surface area contributed by atoms with Gasteiger partial charge in [-0.2, -0.15) is 5.10 Å². The van der Waals surface area contributed by atoms with Crippen molar-refractivity contribution in [3.8, 4) is 11.5 Å². The molecular formula is C17H15BrClN3O5. The lowest BCUT2D eigenvalue weighted by Gasteiger charge is -2.08.